The van der Waals surface area contributed by atoms with Crippen LogP contribution in [0.2, 0.25) is 0 Å². The van der Waals surface area contributed by atoms with Gasteiger partial charge >= 0.3 is 6.09 Å². The third-order valence-corrected chi connectivity index (χ3v) is 8.09. The van der Waals surface area contributed by atoms with E-state index in [1.165, 1.54) is 6.07 Å². The topological polar surface area (TPSA) is 90.7 Å². The number of nitrogens with zero attached hydrogens (tertiary/aromatic N) is 3. The number of halogens is 1. The SMILES string of the molecule is CN1Cc2cc(-c3ccc(CC(C#N)CC(=O)[C@@H]4[C@H]5CC[C@H](C5)N4C(=O)OC(C)(C)C)c(F)c3)ccc2C1=O. The number of nitriles is 1. The summed E-state index contributed by atoms with van der Waals surface area (Å²) in [6, 6.07) is 12.0. The lowest BCUT2D eigenvalue weighted by Crippen LogP contribution is -2.51. The molecule has 3 aliphatic rings. The fraction of sp³-hybridized carbons (Fsp3) is 0.484. The number of ether oxygens (including phenoxy) is 1. The van der Waals surface area contributed by atoms with Crippen molar-refractivity contribution < 1.29 is 23.5 Å². The van der Waals surface area contributed by atoms with Gasteiger partial charge in [0.15, 0.2) is 5.78 Å². The van der Waals surface area contributed by atoms with Crippen molar-refractivity contribution >= 4 is 17.8 Å². The summed E-state index contributed by atoms with van der Waals surface area (Å²) in [5, 5.41) is 9.83. The highest BCUT2D eigenvalue weighted by Gasteiger charge is 2.52. The predicted octanol–water partition coefficient (Wildman–Crippen LogP) is 5.51. The molecule has 1 aliphatic carbocycles. The average Bonchev–Trinajstić information content (AvgIpc) is 3.57. The lowest BCUT2D eigenvalue weighted by molar-refractivity contribution is -0.126. The van der Waals surface area contributed by atoms with Crippen LogP contribution in [0.3, 0.4) is 0 Å². The molecule has 2 amide bonds. The Bertz CT molecular complexity index is 1370. The fourth-order valence-corrected chi connectivity index (χ4v) is 6.31. The van der Waals surface area contributed by atoms with Gasteiger partial charge in [-0.2, -0.15) is 5.26 Å². The first-order chi connectivity index (χ1) is 18.4. The standard InChI is InChI=1S/C31H34FN3O4/c1-31(2,3)39-30(38)35-24-9-7-22(14-24)28(35)27(36)12-18(16-33)11-21-6-5-20(15-26(21)32)19-8-10-25-23(13-19)17-34(4)29(25)37/h5-6,8,10,13,15,18,22,24,28H,7,9,11-12,14,17H2,1-4H3/t18?,22-,24+,28-/m0/s1. The summed E-state index contributed by atoms with van der Waals surface area (Å²) in [5.74, 6) is -1.25. The normalized spacial score (nSPS) is 22.6. The Morgan fingerprint density at radius 2 is 1.87 bits per heavy atom. The van der Waals surface area contributed by atoms with E-state index in [4.69, 9.17) is 4.74 Å². The summed E-state index contributed by atoms with van der Waals surface area (Å²) in [6.45, 7) is 5.91. The van der Waals surface area contributed by atoms with Gasteiger partial charge in [-0.15, -0.1) is 0 Å². The molecule has 2 bridgehead atoms. The van der Waals surface area contributed by atoms with E-state index in [1.54, 1.807) is 55.8 Å². The number of amides is 2. The second kappa shape index (κ2) is 10.1. The van der Waals surface area contributed by atoms with E-state index in [0.717, 1.165) is 30.4 Å². The number of likely N-dealkylation sites (tertiary alicyclic amines) is 1. The number of benzene rings is 2. The number of fused-ring (bicyclic) bond motifs is 3. The number of rotatable bonds is 6. The highest BCUT2D eigenvalue weighted by Crippen LogP contribution is 2.44. The van der Waals surface area contributed by atoms with Gasteiger partial charge in [0.2, 0.25) is 0 Å². The van der Waals surface area contributed by atoms with E-state index in [9.17, 15) is 19.6 Å². The summed E-state index contributed by atoms with van der Waals surface area (Å²) < 4.78 is 20.8. The van der Waals surface area contributed by atoms with Crippen LogP contribution in [0.25, 0.3) is 11.1 Å². The Morgan fingerprint density at radius 3 is 2.56 bits per heavy atom. The first-order valence-corrected chi connectivity index (χ1v) is 13.6. The van der Waals surface area contributed by atoms with E-state index < -0.39 is 29.5 Å². The summed E-state index contributed by atoms with van der Waals surface area (Å²) >= 11 is 0. The van der Waals surface area contributed by atoms with Gasteiger partial charge in [0.1, 0.15) is 11.4 Å². The van der Waals surface area contributed by atoms with Crippen LogP contribution >= 0.6 is 0 Å². The van der Waals surface area contributed by atoms with Gasteiger partial charge in [-0.1, -0.05) is 18.2 Å². The molecular formula is C31H34FN3O4. The maximum absolute atomic E-state index is 15.2. The third-order valence-electron chi connectivity index (χ3n) is 8.09. The first kappa shape index (κ1) is 26.9. The molecule has 1 unspecified atom stereocenters. The maximum atomic E-state index is 15.2. The van der Waals surface area contributed by atoms with Crippen LogP contribution in [0.5, 0.6) is 0 Å². The van der Waals surface area contributed by atoms with Gasteiger partial charge in [-0.25, -0.2) is 9.18 Å². The number of carbonyl (C=O) groups excluding carboxylic acids is 3. The molecule has 2 heterocycles. The summed E-state index contributed by atoms with van der Waals surface area (Å²) in [5.41, 5.74) is 2.77. The summed E-state index contributed by atoms with van der Waals surface area (Å²) in [6.07, 6.45) is 2.08. The highest BCUT2D eigenvalue weighted by atomic mass is 19.1. The van der Waals surface area contributed by atoms with Crippen LogP contribution in [-0.2, 0) is 22.5 Å². The molecule has 7 nitrogen and oxygen atoms in total. The van der Waals surface area contributed by atoms with Gasteiger partial charge in [-0.05, 0) is 92.8 Å². The van der Waals surface area contributed by atoms with Crippen molar-refractivity contribution in [2.45, 2.75) is 77.1 Å². The first-order valence-electron chi connectivity index (χ1n) is 13.6. The quantitative estimate of drug-likeness (QED) is 0.490. The smallest absolute Gasteiger partial charge is 0.411 e. The number of carbonyl (C=O) groups is 3. The molecule has 204 valence electrons. The van der Waals surface area contributed by atoms with Crippen LogP contribution in [0, 0.1) is 29.0 Å². The zero-order valence-corrected chi connectivity index (χ0v) is 22.9. The molecule has 39 heavy (non-hydrogen) atoms. The van der Waals surface area contributed by atoms with Crippen molar-refractivity contribution in [3.63, 3.8) is 0 Å². The van der Waals surface area contributed by atoms with E-state index in [-0.39, 0.29) is 36.5 Å². The third kappa shape index (κ3) is 5.27. The minimum Gasteiger partial charge on any atom is -0.444 e. The van der Waals surface area contributed by atoms with Gasteiger partial charge in [0.05, 0.1) is 18.0 Å². The number of hydrogen-bond acceptors (Lipinski definition) is 5. The zero-order chi connectivity index (χ0) is 28.1. The van der Waals surface area contributed by atoms with Crippen molar-refractivity contribution in [3.05, 3.63) is 58.9 Å². The lowest BCUT2D eigenvalue weighted by Gasteiger charge is -2.35. The molecule has 2 aromatic carbocycles. The summed E-state index contributed by atoms with van der Waals surface area (Å²) in [4.78, 5) is 41.7. The molecule has 2 aliphatic heterocycles. The molecule has 0 N–H and O–H groups in total. The number of ketones is 1. The predicted molar refractivity (Wildman–Crippen MR) is 143 cm³/mol. The molecule has 4 atom stereocenters. The largest absolute Gasteiger partial charge is 0.444 e. The van der Waals surface area contributed by atoms with Crippen molar-refractivity contribution in [1.82, 2.24) is 9.80 Å². The van der Waals surface area contributed by atoms with E-state index >= 15 is 4.39 Å². The molecule has 2 fully saturated rings. The molecule has 0 radical (unpaired) electrons. The molecule has 2 aromatic rings. The Hall–Kier alpha value is -3.73. The monoisotopic (exact) mass is 531 g/mol. The summed E-state index contributed by atoms with van der Waals surface area (Å²) in [7, 11) is 1.75. The maximum Gasteiger partial charge on any atom is 0.411 e. The van der Waals surface area contributed by atoms with E-state index in [1.807, 2.05) is 12.1 Å². The number of hydrogen-bond donors (Lipinski definition) is 0. The second-order valence-electron chi connectivity index (χ2n) is 12.1. The van der Waals surface area contributed by atoms with E-state index in [2.05, 4.69) is 6.07 Å². The Balaban J connectivity index is 1.28. The van der Waals surface area contributed by atoms with Gasteiger partial charge < -0.3 is 9.64 Å². The van der Waals surface area contributed by atoms with Crippen molar-refractivity contribution in [2.75, 3.05) is 7.05 Å². The van der Waals surface area contributed by atoms with Crippen LogP contribution < -0.4 is 0 Å². The highest BCUT2D eigenvalue weighted by molar-refractivity contribution is 5.98. The average molecular weight is 532 g/mol. The number of piperidine rings is 1. The van der Waals surface area contributed by atoms with Gasteiger partial charge in [0.25, 0.3) is 5.91 Å². The van der Waals surface area contributed by atoms with E-state index in [0.29, 0.717) is 23.2 Å². The molecule has 0 spiro atoms. The van der Waals surface area contributed by atoms with Gasteiger partial charge in [-0.3, -0.25) is 14.5 Å². The lowest BCUT2D eigenvalue weighted by atomic mass is 9.87. The fourth-order valence-electron chi connectivity index (χ4n) is 6.31. The molecular weight excluding hydrogens is 497 g/mol. The second-order valence-corrected chi connectivity index (χ2v) is 12.1. The van der Waals surface area contributed by atoms with Crippen LogP contribution in [0.15, 0.2) is 36.4 Å². The zero-order valence-electron chi connectivity index (χ0n) is 22.9. The Labute approximate surface area is 228 Å². The van der Waals surface area contributed by atoms with Crippen molar-refractivity contribution in [2.24, 2.45) is 11.8 Å². The molecule has 1 saturated heterocycles. The van der Waals surface area contributed by atoms with Crippen LogP contribution in [0.4, 0.5) is 9.18 Å². The van der Waals surface area contributed by atoms with Crippen molar-refractivity contribution in [3.8, 4) is 17.2 Å². The minimum absolute atomic E-state index is 0.0120. The van der Waals surface area contributed by atoms with Crippen LogP contribution in [-0.4, -0.2) is 52.3 Å². The molecule has 1 saturated carbocycles. The van der Waals surface area contributed by atoms with Crippen LogP contribution in [0.1, 0.15) is 67.9 Å². The Kier molecular flexibility index (Phi) is 6.96. The molecule has 8 heteroatoms. The number of Topliss-reactive ketones (excluding diaryl/α,β-unsaturated/α-hetero) is 1. The van der Waals surface area contributed by atoms with Crippen molar-refractivity contribution in [1.29, 1.82) is 5.26 Å². The molecule has 5 rings (SSSR count). The Morgan fingerprint density at radius 1 is 1.15 bits per heavy atom. The minimum atomic E-state index is -0.709. The van der Waals surface area contributed by atoms with Gasteiger partial charge in [0, 0.05) is 31.6 Å². The molecule has 0 aromatic heterocycles.